The van der Waals surface area contributed by atoms with E-state index in [1.54, 1.807) is 13.2 Å². The van der Waals surface area contributed by atoms with Crippen LogP contribution >= 0.6 is 11.8 Å². The zero-order valence-corrected chi connectivity index (χ0v) is 15.7. The number of amides is 1. The molecule has 9 nitrogen and oxygen atoms in total. The Balaban J connectivity index is 1.63. The van der Waals surface area contributed by atoms with Crippen molar-refractivity contribution in [1.29, 1.82) is 0 Å². The molecule has 1 saturated heterocycles. The third-order valence-corrected chi connectivity index (χ3v) is 6.65. The highest BCUT2D eigenvalue weighted by molar-refractivity contribution is 7.99. The standard InChI is InChI=1S/C15H19N5O4S2/c1-24-12-5-3-2-4-11(12)14-18-19-15(20(14)16)25-8-13(21)17-10-6-7-26(22,23)9-10/h2-5,10H,6-9,16H2,1H3,(H,17,21)/t10-/m0/s1. The number of carbonyl (C=O) groups excluding carboxylic acids is 1. The fourth-order valence-corrected chi connectivity index (χ4v) is 5.04. The van der Waals surface area contributed by atoms with E-state index in [0.717, 1.165) is 11.8 Å². The second-order valence-corrected chi connectivity index (χ2v) is 9.00. The summed E-state index contributed by atoms with van der Waals surface area (Å²) in [6.07, 6.45) is 0.448. The lowest BCUT2D eigenvalue weighted by Crippen LogP contribution is -2.36. The molecule has 0 aliphatic carbocycles. The topological polar surface area (TPSA) is 129 Å². The van der Waals surface area contributed by atoms with E-state index in [2.05, 4.69) is 15.5 Å². The van der Waals surface area contributed by atoms with Crippen molar-refractivity contribution in [3.8, 4) is 17.1 Å². The first-order valence-corrected chi connectivity index (χ1v) is 10.7. The van der Waals surface area contributed by atoms with Gasteiger partial charge in [-0.3, -0.25) is 4.79 Å². The Labute approximate surface area is 155 Å². The number of benzene rings is 1. The van der Waals surface area contributed by atoms with Gasteiger partial charge in [0, 0.05) is 6.04 Å². The summed E-state index contributed by atoms with van der Waals surface area (Å²) in [7, 11) is -1.47. The van der Waals surface area contributed by atoms with Gasteiger partial charge in [0.25, 0.3) is 0 Å². The van der Waals surface area contributed by atoms with Gasteiger partial charge < -0.3 is 15.9 Å². The predicted octanol–water partition coefficient (Wildman–Crippen LogP) is 0.0629. The van der Waals surface area contributed by atoms with Crippen molar-refractivity contribution in [2.45, 2.75) is 17.6 Å². The summed E-state index contributed by atoms with van der Waals surface area (Å²) >= 11 is 1.13. The first kappa shape index (κ1) is 18.5. The van der Waals surface area contributed by atoms with Crippen molar-refractivity contribution < 1.29 is 17.9 Å². The van der Waals surface area contributed by atoms with Gasteiger partial charge in [-0.2, -0.15) is 0 Å². The maximum atomic E-state index is 12.0. The minimum atomic E-state index is -3.03. The summed E-state index contributed by atoms with van der Waals surface area (Å²) < 4.78 is 29.5. The number of hydrogen-bond donors (Lipinski definition) is 2. The number of nitrogens with two attached hydrogens (primary N) is 1. The SMILES string of the molecule is COc1ccccc1-c1nnc(SCC(=O)N[C@H]2CCS(=O)(=O)C2)n1N. The molecule has 11 heteroatoms. The number of methoxy groups -OCH3 is 1. The summed E-state index contributed by atoms with van der Waals surface area (Å²) in [6, 6.07) is 6.95. The molecule has 0 bridgehead atoms. The zero-order chi connectivity index (χ0) is 18.7. The number of nitrogen functional groups attached to an aromatic ring is 1. The van der Waals surface area contributed by atoms with Crippen LogP contribution in [0.4, 0.5) is 0 Å². The third-order valence-electron chi connectivity index (χ3n) is 3.94. The van der Waals surface area contributed by atoms with Gasteiger partial charge in [0.2, 0.25) is 11.1 Å². The van der Waals surface area contributed by atoms with E-state index in [9.17, 15) is 13.2 Å². The first-order valence-electron chi connectivity index (χ1n) is 7.86. The molecule has 1 amide bonds. The molecule has 2 heterocycles. The van der Waals surface area contributed by atoms with Crippen LogP contribution in [0.15, 0.2) is 29.4 Å². The molecule has 1 fully saturated rings. The highest BCUT2D eigenvalue weighted by Crippen LogP contribution is 2.29. The number of carbonyl (C=O) groups is 1. The number of thioether (sulfide) groups is 1. The van der Waals surface area contributed by atoms with Gasteiger partial charge in [-0.15, -0.1) is 10.2 Å². The van der Waals surface area contributed by atoms with Gasteiger partial charge in [0.05, 0.1) is 29.9 Å². The van der Waals surface area contributed by atoms with Crippen LogP contribution < -0.4 is 15.9 Å². The minimum Gasteiger partial charge on any atom is -0.496 e. The Hall–Kier alpha value is -2.27. The second-order valence-electron chi connectivity index (χ2n) is 5.83. The molecule has 2 aromatic rings. The van der Waals surface area contributed by atoms with Crippen LogP contribution in [0.1, 0.15) is 6.42 Å². The Morgan fingerprint density at radius 2 is 2.19 bits per heavy atom. The Kier molecular flexibility index (Phi) is 5.37. The lowest BCUT2D eigenvalue weighted by Gasteiger charge is -2.10. The first-order chi connectivity index (χ1) is 12.4. The number of ether oxygens (including phenoxy) is 1. The molecule has 140 valence electrons. The predicted molar refractivity (Wildman–Crippen MR) is 98.1 cm³/mol. The number of aromatic nitrogens is 3. The summed E-state index contributed by atoms with van der Waals surface area (Å²) in [5.41, 5.74) is 0.692. The van der Waals surface area contributed by atoms with Crippen LogP contribution in [0, 0.1) is 0 Å². The number of para-hydroxylation sites is 1. The van der Waals surface area contributed by atoms with Crippen LogP contribution in [-0.2, 0) is 14.6 Å². The van der Waals surface area contributed by atoms with E-state index < -0.39 is 9.84 Å². The van der Waals surface area contributed by atoms with Gasteiger partial charge in [0.1, 0.15) is 5.75 Å². The molecule has 3 rings (SSSR count). The molecule has 0 spiro atoms. The summed E-state index contributed by atoms with van der Waals surface area (Å²) in [6.45, 7) is 0. The molecule has 0 unspecified atom stereocenters. The van der Waals surface area contributed by atoms with Gasteiger partial charge in [-0.1, -0.05) is 23.9 Å². The number of rotatable bonds is 6. The highest BCUT2D eigenvalue weighted by Gasteiger charge is 2.29. The molecule has 1 atom stereocenters. The highest BCUT2D eigenvalue weighted by atomic mass is 32.2. The maximum Gasteiger partial charge on any atom is 0.230 e. The monoisotopic (exact) mass is 397 g/mol. The van der Waals surface area contributed by atoms with Gasteiger partial charge in [-0.25, -0.2) is 13.1 Å². The van der Waals surface area contributed by atoms with E-state index in [1.165, 1.54) is 4.68 Å². The van der Waals surface area contributed by atoms with E-state index in [-0.39, 0.29) is 29.2 Å². The number of nitrogens with one attached hydrogen (secondary N) is 1. The van der Waals surface area contributed by atoms with Crippen molar-refractivity contribution in [3.05, 3.63) is 24.3 Å². The van der Waals surface area contributed by atoms with Crippen LogP contribution in [0.3, 0.4) is 0 Å². The van der Waals surface area contributed by atoms with E-state index in [0.29, 0.717) is 28.7 Å². The Bertz CT molecular complexity index is 913. The molecular weight excluding hydrogens is 378 g/mol. The molecule has 1 aromatic heterocycles. The average Bonchev–Trinajstić information content (AvgIpc) is 3.14. The van der Waals surface area contributed by atoms with Gasteiger partial charge >= 0.3 is 0 Å². The number of hydrogen-bond acceptors (Lipinski definition) is 8. The fourth-order valence-electron chi connectivity index (χ4n) is 2.70. The van der Waals surface area contributed by atoms with Gasteiger partial charge in [-0.05, 0) is 18.6 Å². The van der Waals surface area contributed by atoms with E-state index in [1.807, 2.05) is 18.2 Å². The number of nitrogens with zero attached hydrogens (tertiary/aromatic N) is 3. The molecule has 1 aliphatic heterocycles. The summed E-state index contributed by atoms with van der Waals surface area (Å²) in [4.78, 5) is 12.0. The zero-order valence-electron chi connectivity index (χ0n) is 14.1. The van der Waals surface area contributed by atoms with Crippen molar-refractivity contribution in [3.63, 3.8) is 0 Å². The van der Waals surface area contributed by atoms with Crippen molar-refractivity contribution in [2.24, 2.45) is 0 Å². The molecule has 3 N–H and O–H groups in total. The molecule has 0 saturated carbocycles. The maximum absolute atomic E-state index is 12.0. The van der Waals surface area contributed by atoms with Crippen molar-refractivity contribution in [1.82, 2.24) is 20.2 Å². The van der Waals surface area contributed by atoms with Crippen LogP contribution in [0.5, 0.6) is 5.75 Å². The normalized spacial score (nSPS) is 18.6. The lowest BCUT2D eigenvalue weighted by atomic mass is 10.2. The molecule has 0 radical (unpaired) electrons. The third kappa shape index (κ3) is 4.10. The minimum absolute atomic E-state index is 0.00553. The molecule has 1 aliphatic rings. The van der Waals surface area contributed by atoms with Gasteiger partial charge in [0.15, 0.2) is 15.7 Å². The van der Waals surface area contributed by atoms with E-state index in [4.69, 9.17) is 10.6 Å². The molecular formula is C15H19N5O4S2. The Morgan fingerprint density at radius 1 is 1.42 bits per heavy atom. The largest absolute Gasteiger partial charge is 0.496 e. The quantitative estimate of drug-likeness (QED) is 0.517. The summed E-state index contributed by atoms with van der Waals surface area (Å²) in [5.74, 6) is 7.00. The van der Waals surface area contributed by atoms with Crippen molar-refractivity contribution in [2.75, 3.05) is 30.2 Å². The Morgan fingerprint density at radius 3 is 2.88 bits per heavy atom. The average molecular weight is 397 g/mol. The van der Waals surface area contributed by atoms with Crippen molar-refractivity contribution >= 4 is 27.5 Å². The van der Waals surface area contributed by atoms with Crippen LogP contribution in [0.2, 0.25) is 0 Å². The van der Waals surface area contributed by atoms with Crippen LogP contribution in [0.25, 0.3) is 11.4 Å². The fraction of sp³-hybridized carbons (Fsp3) is 0.400. The second kappa shape index (κ2) is 7.54. The van der Waals surface area contributed by atoms with Crippen LogP contribution in [-0.4, -0.2) is 59.6 Å². The number of sulfone groups is 1. The summed E-state index contributed by atoms with van der Waals surface area (Å²) in [5, 5.41) is 11.2. The molecule has 1 aromatic carbocycles. The smallest absolute Gasteiger partial charge is 0.230 e. The van der Waals surface area contributed by atoms with E-state index >= 15 is 0 Å². The molecule has 26 heavy (non-hydrogen) atoms. The lowest BCUT2D eigenvalue weighted by molar-refractivity contribution is -0.119.